The molecule has 5 heteroatoms. The predicted octanol–water partition coefficient (Wildman–Crippen LogP) is 1.67. The minimum absolute atomic E-state index is 0.447. The van der Waals surface area contributed by atoms with Gasteiger partial charge in [0, 0.05) is 6.54 Å². The molecule has 0 saturated carbocycles. The summed E-state index contributed by atoms with van der Waals surface area (Å²) in [5.74, 6) is 1.49. The van der Waals surface area contributed by atoms with E-state index in [0.29, 0.717) is 19.0 Å². The van der Waals surface area contributed by atoms with Crippen molar-refractivity contribution in [1.29, 1.82) is 5.26 Å². The Hall–Kier alpha value is -1.41. The van der Waals surface area contributed by atoms with E-state index < -0.39 is 0 Å². The van der Waals surface area contributed by atoms with E-state index >= 15 is 0 Å². The molecule has 0 saturated heterocycles. The molecule has 0 N–H and O–H groups in total. The Morgan fingerprint density at radius 3 is 2.88 bits per heavy atom. The molecule has 5 nitrogen and oxygen atoms in total. The van der Waals surface area contributed by atoms with Crippen LogP contribution in [0.4, 0.5) is 0 Å². The minimum Gasteiger partial charge on any atom is -0.283 e. The van der Waals surface area contributed by atoms with Gasteiger partial charge in [0.05, 0.1) is 19.2 Å². The van der Waals surface area contributed by atoms with E-state index in [-0.39, 0.29) is 0 Å². The fourth-order valence-electron chi connectivity index (χ4n) is 1.74. The average Bonchev–Trinajstić information content (AvgIpc) is 2.65. The van der Waals surface area contributed by atoms with Gasteiger partial charge in [0.25, 0.3) is 0 Å². The van der Waals surface area contributed by atoms with Crippen molar-refractivity contribution in [3.63, 3.8) is 0 Å². The van der Waals surface area contributed by atoms with Crippen molar-refractivity contribution < 1.29 is 0 Å². The Bertz CT molecular complexity index is 363. The molecule has 0 atom stereocenters. The normalized spacial score (nSPS) is 11.1. The molecule has 0 aliphatic heterocycles. The highest BCUT2D eigenvalue weighted by molar-refractivity contribution is 4.87. The summed E-state index contributed by atoms with van der Waals surface area (Å²) < 4.78 is 1.94. The predicted molar refractivity (Wildman–Crippen MR) is 66.0 cm³/mol. The summed E-state index contributed by atoms with van der Waals surface area (Å²) in [7, 11) is 0. The number of nitrogens with zero attached hydrogens (tertiary/aromatic N) is 5. The van der Waals surface area contributed by atoms with Crippen LogP contribution >= 0.6 is 0 Å². The smallest absolute Gasteiger partial charge is 0.141 e. The largest absolute Gasteiger partial charge is 0.283 e. The van der Waals surface area contributed by atoms with Crippen molar-refractivity contribution >= 4 is 0 Å². The van der Waals surface area contributed by atoms with Gasteiger partial charge in [0.2, 0.25) is 0 Å². The Labute approximate surface area is 103 Å². The van der Waals surface area contributed by atoms with Crippen LogP contribution in [-0.4, -0.2) is 32.8 Å². The summed E-state index contributed by atoms with van der Waals surface area (Å²) in [6, 6.07) is 2.19. The third-order valence-electron chi connectivity index (χ3n) is 2.43. The molecule has 17 heavy (non-hydrogen) atoms. The number of rotatable bonds is 7. The van der Waals surface area contributed by atoms with Crippen molar-refractivity contribution in [3.05, 3.63) is 12.2 Å². The van der Waals surface area contributed by atoms with Crippen LogP contribution in [0.15, 0.2) is 6.33 Å². The maximum absolute atomic E-state index is 8.77. The average molecular weight is 235 g/mol. The van der Waals surface area contributed by atoms with Crippen molar-refractivity contribution in [1.82, 2.24) is 19.7 Å². The molecule has 0 aromatic carbocycles. The highest BCUT2D eigenvalue weighted by Crippen LogP contribution is 2.05. The third-order valence-corrected chi connectivity index (χ3v) is 2.43. The number of aromatic nitrogens is 3. The highest BCUT2D eigenvalue weighted by atomic mass is 15.3. The van der Waals surface area contributed by atoms with Crippen molar-refractivity contribution in [2.24, 2.45) is 5.92 Å². The first-order chi connectivity index (χ1) is 8.17. The van der Waals surface area contributed by atoms with E-state index in [1.807, 2.05) is 4.68 Å². The van der Waals surface area contributed by atoms with Gasteiger partial charge in [0.1, 0.15) is 12.2 Å². The van der Waals surface area contributed by atoms with Gasteiger partial charge in [-0.15, -0.1) is 0 Å². The fraction of sp³-hybridized carbons (Fsp3) is 0.750. The van der Waals surface area contributed by atoms with Crippen LogP contribution in [0.2, 0.25) is 0 Å². The van der Waals surface area contributed by atoms with Crippen LogP contribution in [0.25, 0.3) is 0 Å². The molecule has 0 radical (unpaired) electrons. The van der Waals surface area contributed by atoms with Gasteiger partial charge in [-0.05, 0) is 18.9 Å². The Morgan fingerprint density at radius 1 is 1.53 bits per heavy atom. The zero-order valence-electron chi connectivity index (χ0n) is 10.9. The maximum Gasteiger partial charge on any atom is 0.141 e. The first-order valence-corrected chi connectivity index (χ1v) is 6.13. The number of hydrogen-bond donors (Lipinski definition) is 0. The Kier molecular flexibility index (Phi) is 5.64. The molecule has 94 valence electrons. The lowest BCUT2D eigenvalue weighted by Crippen LogP contribution is -2.27. The summed E-state index contributed by atoms with van der Waals surface area (Å²) in [6.45, 7) is 9.37. The SMILES string of the molecule is CCCN(CC#N)Cc1ncnn1CC(C)C. The van der Waals surface area contributed by atoms with Crippen LogP contribution in [-0.2, 0) is 13.1 Å². The molecule has 0 fully saturated rings. The van der Waals surface area contributed by atoms with Crippen LogP contribution in [0.1, 0.15) is 33.0 Å². The molecule has 1 aromatic heterocycles. The van der Waals surface area contributed by atoms with Gasteiger partial charge < -0.3 is 0 Å². The van der Waals surface area contributed by atoms with Gasteiger partial charge in [-0.2, -0.15) is 10.4 Å². The zero-order chi connectivity index (χ0) is 12.7. The summed E-state index contributed by atoms with van der Waals surface area (Å²) in [4.78, 5) is 6.37. The molecule has 0 unspecified atom stereocenters. The van der Waals surface area contributed by atoms with Crippen molar-refractivity contribution in [2.75, 3.05) is 13.1 Å². The van der Waals surface area contributed by atoms with E-state index in [0.717, 1.165) is 25.3 Å². The van der Waals surface area contributed by atoms with Gasteiger partial charge in [-0.25, -0.2) is 9.67 Å². The van der Waals surface area contributed by atoms with E-state index in [1.54, 1.807) is 6.33 Å². The number of hydrogen-bond acceptors (Lipinski definition) is 4. The standard InChI is InChI=1S/C12H21N5/c1-4-6-16(7-5-13)9-12-14-10-15-17(12)8-11(2)3/h10-11H,4,6-9H2,1-3H3. The van der Waals surface area contributed by atoms with E-state index in [4.69, 9.17) is 5.26 Å². The van der Waals surface area contributed by atoms with Crippen LogP contribution in [0.3, 0.4) is 0 Å². The summed E-state index contributed by atoms with van der Waals surface area (Å²) in [5.41, 5.74) is 0. The molecule has 0 aliphatic carbocycles. The second-order valence-corrected chi connectivity index (χ2v) is 4.62. The quantitative estimate of drug-likeness (QED) is 0.675. The van der Waals surface area contributed by atoms with E-state index in [9.17, 15) is 0 Å². The highest BCUT2D eigenvalue weighted by Gasteiger charge is 2.10. The first-order valence-electron chi connectivity index (χ1n) is 6.13. The third kappa shape index (κ3) is 4.53. The molecule has 1 aromatic rings. The van der Waals surface area contributed by atoms with Crippen molar-refractivity contribution in [3.8, 4) is 6.07 Å². The second-order valence-electron chi connectivity index (χ2n) is 4.62. The monoisotopic (exact) mass is 235 g/mol. The van der Waals surface area contributed by atoms with Crippen LogP contribution < -0.4 is 0 Å². The Balaban J connectivity index is 2.65. The lowest BCUT2D eigenvalue weighted by Gasteiger charge is -2.18. The molecule has 1 heterocycles. The molecule has 0 bridgehead atoms. The molecule has 0 spiro atoms. The molecule has 0 aliphatic rings. The first kappa shape index (κ1) is 13.7. The summed E-state index contributed by atoms with van der Waals surface area (Å²) >= 11 is 0. The molecular weight excluding hydrogens is 214 g/mol. The number of nitriles is 1. The van der Waals surface area contributed by atoms with Crippen LogP contribution in [0.5, 0.6) is 0 Å². The second kappa shape index (κ2) is 7.02. The lowest BCUT2D eigenvalue weighted by atomic mass is 10.2. The molecule has 1 rings (SSSR count). The van der Waals surface area contributed by atoms with E-state index in [2.05, 4.69) is 41.8 Å². The zero-order valence-corrected chi connectivity index (χ0v) is 10.9. The molecular formula is C12H21N5. The van der Waals surface area contributed by atoms with Gasteiger partial charge >= 0.3 is 0 Å². The maximum atomic E-state index is 8.77. The van der Waals surface area contributed by atoms with E-state index in [1.165, 1.54) is 0 Å². The van der Waals surface area contributed by atoms with Crippen molar-refractivity contribution in [2.45, 2.75) is 40.3 Å². The summed E-state index contributed by atoms with van der Waals surface area (Å²) in [6.07, 6.45) is 2.63. The van der Waals surface area contributed by atoms with Gasteiger partial charge in [-0.3, -0.25) is 4.90 Å². The van der Waals surface area contributed by atoms with Gasteiger partial charge in [-0.1, -0.05) is 20.8 Å². The minimum atomic E-state index is 0.447. The molecule has 0 amide bonds. The Morgan fingerprint density at radius 2 is 2.29 bits per heavy atom. The fourth-order valence-corrected chi connectivity index (χ4v) is 1.74. The van der Waals surface area contributed by atoms with Gasteiger partial charge in [0.15, 0.2) is 0 Å². The van der Waals surface area contributed by atoms with Crippen LogP contribution in [0, 0.1) is 17.2 Å². The lowest BCUT2D eigenvalue weighted by molar-refractivity contribution is 0.281. The topological polar surface area (TPSA) is 57.7 Å². The summed E-state index contributed by atoms with van der Waals surface area (Å²) in [5, 5.41) is 13.0.